The third-order valence-corrected chi connectivity index (χ3v) is 7.17. The molecule has 1 amide bonds. The molecule has 3 aromatic carbocycles. The number of sulfonamides is 1. The highest BCUT2D eigenvalue weighted by Gasteiger charge is 2.27. The molecular formula is C25H27BrN2O5S. The minimum absolute atomic E-state index is 0.0869. The van der Waals surface area contributed by atoms with E-state index in [1.165, 1.54) is 12.1 Å². The van der Waals surface area contributed by atoms with Gasteiger partial charge in [-0.1, -0.05) is 28.1 Å². The van der Waals surface area contributed by atoms with E-state index in [9.17, 15) is 13.2 Å². The lowest BCUT2D eigenvalue weighted by Crippen LogP contribution is -2.40. The zero-order valence-corrected chi connectivity index (χ0v) is 21.4. The van der Waals surface area contributed by atoms with Crippen LogP contribution in [0.3, 0.4) is 0 Å². The van der Waals surface area contributed by atoms with Crippen LogP contribution in [0.2, 0.25) is 0 Å². The van der Waals surface area contributed by atoms with Gasteiger partial charge in [0.25, 0.3) is 10.0 Å². The predicted octanol–water partition coefficient (Wildman–Crippen LogP) is 4.76. The number of amides is 1. The number of nitrogens with zero attached hydrogens (tertiary/aromatic N) is 1. The Morgan fingerprint density at radius 1 is 0.853 bits per heavy atom. The van der Waals surface area contributed by atoms with Gasteiger partial charge in [0.15, 0.2) is 0 Å². The molecule has 9 heteroatoms. The second kappa shape index (κ2) is 11.9. The molecule has 0 saturated carbocycles. The topological polar surface area (TPSA) is 84.9 Å². The van der Waals surface area contributed by atoms with Crippen LogP contribution in [0.25, 0.3) is 0 Å². The SMILES string of the molecule is CCOc1ccc(CNC(=O)CN(c2ccc(OCC)cc2)S(=O)(=O)c2ccc(Br)cc2)cc1. The van der Waals surface area contributed by atoms with Gasteiger partial charge in [-0.25, -0.2) is 8.42 Å². The fourth-order valence-electron chi connectivity index (χ4n) is 3.18. The van der Waals surface area contributed by atoms with Crippen LogP contribution in [0.15, 0.2) is 82.2 Å². The van der Waals surface area contributed by atoms with Crippen molar-refractivity contribution in [3.63, 3.8) is 0 Å². The van der Waals surface area contributed by atoms with Gasteiger partial charge in [-0.15, -0.1) is 0 Å². The number of benzene rings is 3. The van der Waals surface area contributed by atoms with Crippen LogP contribution in [0.4, 0.5) is 5.69 Å². The van der Waals surface area contributed by atoms with Gasteiger partial charge in [0.2, 0.25) is 5.91 Å². The van der Waals surface area contributed by atoms with Crippen LogP contribution in [-0.4, -0.2) is 34.1 Å². The summed E-state index contributed by atoms with van der Waals surface area (Å²) in [5.74, 6) is 0.940. The average molecular weight is 547 g/mol. The highest BCUT2D eigenvalue weighted by atomic mass is 79.9. The van der Waals surface area contributed by atoms with Crippen molar-refractivity contribution in [2.45, 2.75) is 25.3 Å². The molecule has 0 spiro atoms. The van der Waals surface area contributed by atoms with Crippen molar-refractivity contribution in [3.8, 4) is 11.5 Å². The molecule has 7 nitrogen and oxygen atoms in total. The first-order valence-electron chi connectivity index (χ1n) is 10.8. The average Bonchev–Trinajstić information content (AvgIpc) is 2.83. The normalized spacial score (nSPS) is 11.0. The monoisotopic (exact) mass is 546 g/mol. The Labute approximate surface area is 208 Å². The first-order valence-corrected chi connectivity index (χ1v) is 13.1. The molecule has 1 N–H and O–H groups in total. The van der Waals surface area contributed by atoms with Gasteiger partial charge in [0, 0.05) is 11.0 Å². The molecule has 0 saturated heterocycles. The van der Waals surface area contributed by atoms with Gasteiger partial charge in [-0.2, -0.15) is 0 Å². The highest BCUT2D eigenvalue weighted by molar-refractivity contribution is 9.10. The molecule has 0 heterocycles. The number of hydrogen-bond acceptors (Lipinski definition) is 5. The summed E-state index contributed by atoms with van der Waals surface area (Å²) < 4.78 is 39.6. The smallest absolute Gasteiger partial charge is 0.264 e. The van der Waals surface area contributed by atoms with E-state index in [-0.39, 0.29) is 18.0 Å². The Balaban J connectivity index is 1.80. The Morgan fingerprint density at radius 3 is 1.91 bits per heavy atom. The largest absolute Gasteiger partial charge is 0.494 e. The van der Waals surface area contributed by atoms with Crippen molar-refractivity contribution < 1.29 is 22.7 Å². The van der Waals surface area contributed by atoms with Crippen LogP contribution in [-0.2, 0) is 21.4 Å². The van der Waals surface area contributed by atoms with Gasteiger partial charge in [0.05, 0.1) is 23.8 Å². The molecule has 3 rings (SSSR count). The number of anilines is 1. The maximum atomic E-state index is 13.4. The van der Waals surface area contributed by atoms with Crippen LogP contribution in [0.5, 0.6) is 11.5 Å². The molecule has 0 aliphatic carbocycles. The number of hydrogen-bond donors (Lipinski definition) is 1. The predicted molar refractivity (Wildman–Crippen MR) is 136 cm³/mol. The van der Waals surface area contributed by atoms with Crippen molar-refractivity contribution in [1.29, 1.82) is 0 Å². The minimum atomic E-state index is -3.99. The van der Waals surface area contributed by atoms with Gasteiger partial charge in [-0.05, 0) is 80.1 Å². The third kappa shape index (κ3) is 6.74. The molecule has 0 aromatic heterocycles. The Hall–Kier alpha value is -3.04. The summed E-state index contributed by atoms with van der Waals surface area (Å²) >= 11 is 3.32. The number of carbonyl (C=O) groups is 1. The van der Waals surface area contributed by atoms with Crippen molar-refractivity contribution in [2.75, 3.05) is 24.1 Å². The molecule has 0 fully saturated rings. The first-order chi connectivity index (χ1) is 16.3. The van der Waals surface area contributed by atoms with E-state index in [1.807, 2.05) is 38.1 Å². The lowest BCUT2D eigenvalue weighted by Gasteiger charge is -2.24. The van der Waals surface area contributed by atoms with E-state index >= 15 is 0 Å². The van der Waals surface area contributed by atoms with E-state index in [4.69, 9.17) is 9.47 Å². The van der Waals surface area contributed by atoms with Crippen LogP contribution >= 0.6 is 15.9 Å². The van der Waals surface area contributed by atoms with Crippen molar-refractivity contribution in [2.24, 2.45) is 0 Å². The van der Waals surface area contributed by atoms with Crippen molar-refractivity contribution in [1.82, 2.24) is 5.32 Å². The zero-order chi connectivity index (χ0) is 24.6. The van der Waals surface area contributed by atoms with Gasteiger partial charge < -0.3 is 14.8 Å². The molecule has 0 radical (unpaired) electrons. The van der Waals surface area contributed by atoms with Crippen LogP contribution in [0.1, 0.15) is 19.4 Å². The molecule has 0 aliphatic rings. The summed E-state index contributed by atoms with van der Waals surface area (Å²) in [7, 11) is -3.99. The first kappa shape index (κ1) is 25.6. The standard InChI is InChI=1S/C25H27BrN2O5S/c1-3-32-22-11-5-19(6-12-22)17-27-25(29)18-28(21-9-13-23(14-10-21)33-4-2)34(30,31)24-15-7-20(26)8-16-24/h5-16H,3-4,17-18H2,1-2H3,(H,27,29). The van der Waals surface area contributed by atoms with E-state index in [0.29, 0.717) is 24.7 Å². The number of nitrogens with one attached hydrogen (secondary N) is 1. The van der Waals surface area contributed by atoms with E-state index in [2.05, 4.69) is 21.2 Å². The molecule has 180 valence electrons. The van der Waals surface area contributed by atoms with E-state index in [1.54, 1.807) is 36.4 Å². The summed E-state index contributed by atoms with van der Waals surface area (Å²) in [5, 5.41) is 2.80. The maximum absolute atomic E-state index is 13.4. The lowest BCUT2D eigenvalue weighted by atomic mass is 10.2. The second-order valence-corrected chi connectivity index (χ2v) is 10.0. The Morgan fingerprint density at radius 2 is 1.38 bits per heavy atom. The van der Waals surface area contributed by atoms with Crippen molar-refractivity contribution in [3.05, 3.63) is 82.8 Å². The molecule has 0 unspecified atom stereocenters. The Bertz CT molecular complexity index is 1180. The molecule has 0 bridgehead atoms. The van der Waals surface area contributed by atoms with E-state index < -0.39 is 15.9 Å². The maximum Gasteiger partial charge on any atom is 0.264 e. The zero-order valence-electron chi connectivity index (χ0n) is 19.0. The quantitative estimate of drug-likeness (QED) is 0.374. The summed E-state index contributed by atoms with van der Waals surface area (Å²) in [5.41, 5.74) is 1.24. The molecule has 0 aliphatic heterocycles. The third-order valence-electron chi connectivity index (χ3n) is 4.85. The summed E-state index contributed by atoms with van der Waals surface area (Å²) in [6.07, 6.45) is 0. The molecule has 34 heavy (non-hydrogen) atoms. The summed E-state index contributed by atoms with van der Waals surface area (Å²) in [4.78, 5) is 12.9. The fourth-order valence-corrected chi connectivity index (χ4v) is 4.87. The molecule has 0 atom stereocenters. The van der Waals surface area contributed by atoms with Crippen LogP contribution < -0.4 is 19.1 Å². The van der Waals surface area contributed by atoms with Crippen molar-refractivity contribution >= 4 is 37.5 Å². The summed E-state index contributed by atoms with van der Waals surface area (Å²) in [6.45, 7) is 4.74. The minimum Gasteiger partial charge on any atom is -0.494 e. The molecule has 3 aromatic rings. The number of ether oxygens (including phenoxy) is 2. The van der Waals surface area contributed by atoms with Gasteiger partial charge in [-0.3, -0.25) is 9.10 Å². The molecular weight excluding hydrogens is 520 g/mol. The second-order valence-electron chi connectivity index (χ2n) is 7.25. The van der Waals surface area contributed by atoms with Gasteiger partial charge in [0.1, 0.15) is 18.0 Å². The van der Waals surface area contributed by atoms with Gasteiger partial charge >= 0.3 is 0 Å². The Kier molecular flexibility index (Phi) is 8.95. The number of carbonyl (C=O) groups excluding carboxylic acids is 1. The highest BCUT2D eigenvalue weighted by Crippen LogP contribution is 2.26. The fraction of sp³-hybridized carbons (Fsp3) is 0.240. The van der Waals surface area contributed by atoms with E-state index in [0.717, 1.165) is 20.1 Å². The number of rotatable bonds is 11. The summed E-state index contributed by atoms with van der Waals surface area (Å²) in [6, 6.07) is 20.3. The van der Waals surface area contributed by atoms with Crippen LogP contribution in [0, 0.1) is 0 Å². The lowest BCUT2D eigenvalue weighted by molar-refractivity contribution is -0.119. The number of halogens is 1.